The van der Waals surface area contributed by atoms with Crippen LogP contribution in [-0.2, 0) is 0 Å². The number of aliphatic hydroxyl groups is 1. The topological polar surface area (TPSA) is 80.4 Å². The van der Waals surface area contributed by atoms with E-state index in [4.69, 9.17) is 15.6 Å². The van der Waals surface area contributed by atoms with Crippen LogP contribution in [0.5, 0.6) is 5.88 Å². The van der Waals surface area contributed by atoms with Gasteiger partial charge in [0.15, 0.2) is 0 Å². The molecule has 0 bridgehead atoms. The van der Waals surface area contributed by atoms with Crippen LogP contribution in [0.15, 0.2) is 12.1 Å². The van der Waals surface area contributed by atoms with Crippen molar-refractivity contribution in [3.8, 4) is 5.88 Å². The fourth-order valence-corrected chi connectivity index (χ4v) is 1.01. The van der Waals surface area contributed by atoms with Crippen LogP contribution < -0.4 is 15.8 Å². The van der Waals surface area contributed by atoms with Crippen molar-refractivity contribution < 1.29 is 9.84 Å². The molecule has 78 valence electrons. The van der Waals surface area contributed by atoms with Crippen molar-refractivity contribution in [2.24, 2.45) is 0 Å². The summed E-state index contributed by atoms with van der Waals surface area (Å²) in [7, 11) is 1.52. The lowest BCUT2D eigenvalue weighted by molar-refractivity contribution is 0.292. The van der Waals surface area contributed by atoms with E-state index < -0.39 is 0 Å². The van der Waals surface area contributed by atoms with Gasteiger partial charge in [-0.3, -0.25) is 0 Å². The Morgan fingerprint density at radius 1 is 1.57 bits per heavy atom. The zero-order valence-electron chi connectivity index (χ0n) is 8.16. The van der Waals surface area contributed by atoms with Gasteiger partial charge >= 0.3 is 0 Å². The lowest BCUT2D eigenvalue weighted by atomic mass is 10.4. The number of nitrogens with two attached hydrogens (primary N) is 1. The van der Waals surface area contributed by atoms with Gasteiger partial charge in [0.05, 0.1) is 12.8 Å². The van der Waals surface area contributed by atoms with E-state index in [1.807, 2.05) is 0 Å². The number of methoxy groups -OCH3 is 1. The number of hydrogen-bond donors (Lipinski definition) is 3. The van der Waals surface area contributed by atoms with E-state index in [1.54, 1.807) is 12.1 Å². The Labute approximate surface area is 82.9 Å². The van der Waals surface area contributed by atoms with Crippen LogP contribution in [0.3, 0.4) is 0 Å². The van der Waals surface area contributed by atoms with E-state index in [0.29, 0.717) is 30.4 Å². The molecule has 0 aliphatic carbocycles. The molecule has 0 saturated carbocycles. The van der Waals surface area contributed by atoms with Crippen LogP contribution in [0.25, 0.3) is 0 Å². The number of anilines is 2. The Hall–Kier alpha value is -1.49. The molecule has 0 aliphatic rings. The first-order chi connectivity index (χ1) is 6.77. The summed E-state index contributed by atoms with van der Waals surface area (Å²) in [6.45, 7) is 0.843. The minimum atomic E-state index is 0.166. The number of nitrogens with one attached hydrogen (secondary N) is 1. The third kappa shape index (κ3) is 2.77. The molecule has 0 spiro atoms. The molecule has 0 radical (unpaired) electrons. The SMILES string of the molecule is COc1nc(NCCCO)ccc1N. The molecular weight excluding hydrogens is 182 g/mol. The summed E-state index contributed by atoms with van der Waals surface area (Å²) in [5.74, 6) is 1.11. The highest BCUT2D eigenvalue weighted by atomic mass is 16.5. The van der Waals surface area contributed by atoms with Gasteiger partial charge in [0.25, 0.3) is 0 Å². The highest BCUT2D eigenvalue weighted by Crippen LogP contribution is 2.19. The van der Waals surface area contributed by atoms with Crippen molar-refractivity contribution >= 4 is 11.5 Å². The summed E-state index contributed by atoms with van der Waals surface area (Å²) < 4.78 is 4.97. The molecule has 5 heteroatoms. The first-order valence-corrected chi connectivity index (χ1v) is 4.43. The van der Waals surface area contributed by atoms with Crippen LogP contribution in [0.4, 0.5) is 11.5 Å². The molecule has 1 aromatic rings. The molecule has 4 N–H and O–H groups in total. The predicted molar refractivity (Wildman–Crippen MR) is 55.4 cm³/mol. The minimum Gasteiger partial charge on any atom is -0.479 e. The van der Waals surface area contributed by atoms with Crippen molar-refractivity contribution in [2.45, 2.75) is 6.42 Å². The zero-order valence-corrected chi connectivity index (χ0v) is 8.16. The van der Waals surface area contributed by atoms with E-state index in [9.17, 15) is 0 Å². The molecular formula is C9H15N3O2. The summed E-state index contributed by atoms with van der Waals surface area (Å²) in [5.41, 5.74) is 6.11. The quantitative estimate of drug-likeness (QED) is 0.598. The summed E-state index contributed by atoms with van der Waals surface area (Å²) >= 11 is 0. The standard InChI is InChI=1S/C9H15N3O2/c1-14-9-7(10)3-4-8(12-9)11-5-2-6-13/h3-4,13H,2,5-6,10H2,1H3,(H,11,12). The van der Waals surface area contributed by atoms with E-state index in [0.717, 1.165) is 0 Å². The number of aromatic nitrogens is 1. The zero-order chi connectivity index (χ0) is 10.4. The lowest BCUT2D eigenvalue weighted by Crippen LogP contribution is -2.06. The van der Waals surface area contributed by atoms with E-state index in [2.05, 4.69) is 10.3 Å². The Morgan fingerprint density at radius 2 is 2.36 bits per heavy atom. The first-order valence-electron chi connectivity index (χ1n) is 4.43. The average Bonchev–Trinajstić information content (AvgIpc) is 2.21. The van der Waals surface area contributed by atoms with Gasteiger partial charge in [-0.05, 0) is 18.6 Å². The highest BCUT2D eigenvalue weighted by molar-refractivity contribution is 5.53. The monoisotopic (exact) mass is 197 g/mol. The van der Waals surface area contributed by atoms with Gasteiger partial charge in [-0.25, -0.2) is 0 Å². The molecule has 14 heavy (non-hydrogen) atoms. The molecule has 1 heterocycles. The summed E-state index contributed by atoms with van der Waals surface area (Å²) in [4.78, 5) is 4.12. The van der Waals surface area contributed by atoms with Crippen molar-refractivity contribution in [3.63, 3.8) is 0 Å². The second-order valence-corrected chi connectivity index (χ2v) is 2.80. The molecule has 5 nitrogen and oxygen atoms in total. The van der Waals surface area contributed by atoms with Crippen molar-refractivity contribution in [3.05, 3.63) is 12.1 Å². The third-order valence-electron chi connectivity index (χ3n) is 1.72. The Kier molecular flexibility index (Phi) is 4.00. The summed E-state index contributed by atoms with van der Waals surface area (Å²) in [6.07, 6.45) is 0.689. The molecule has 0 saturated heterocycles. The van der Waals surface area contributed by atoms with Crippen molar-refractivity contribution in [1.82, 2.24) is 4.98 Å². The molecule has 1 rings (SSSR count). The maximum absolute atomic E-state index is 8.58. The van der Waals surface area contributed by atoms with E-state index >= 15 is 0 Å². The smallest absolute Gasteiger partial charge is 0.238 e. The van der Waals surface area contributed by atoms with Crippen LogP contribution in [0.1, 0.15) is 6.42 Å². The number of aliphatic hydroxyl groups excluding tert-OH is 1. The fourth-order valence-electron chi connectivity index (χ4n) is 1.01. The number of hydrogen-bond acceptors (Lipinski definition) is 5. The number of nitrogens with zero attached hydrogens (tertiary/aromatic N) is 1. The normalized spacial score (nSPS) is 9.86. The minimum absolute atomic E-state index is 0.166. The molecule has 1 aromatic heterocycles. The van der Waals surface area contributed by atoms with E-state index in [-0.39, 0.29) is 6.61 Å². The number of ether oxygens (including phenoxy) is 1. The Balaban J connectivity index is 2.60. The van der Waals surface area contributed by atoms with Crippen molar-refractivity contribution in [2.75, 3.05) is 31.3 Å². The van der Waals surface area contributed by atoms with Gasteiger partial charge in [0.2, 0.25) is 5.88 Å². The van der Waals surface area contributed by atoms with Crippen LogP contribution >= 0.6 is 0 Å². The first kappa shape index (κ1) is 10.6. The van der Waals surface area contributed by atoms with Crippen LogP contribution in [-0.4, -0.2) is 30.4 Å². The van der Waals surface area contributed by atoms with Gasteiger partial charge in [0.1, 0.15) is 5.82 Å². The van der Waals surface area contributed by atoms with Crippen molar-refractivity contribution in [1.29, 1.82) is 0 Å². The molecule has 0 fully saturated rings. The Bertz CT molecular complexity index is 291. The Morgan fingerprint density at radius 3 is 3.00 bits per heavy atom. The maximum Gasteiger partial charge on any atom is 0.238 e. The summed E-state index contributed by atoms with van der Waals surface area (Å²) in [6, 6.07) is 3.50. The number of rotatable bonds is 5. The fraction of sp³-hybridized carbons (Fsp3) is 0.444. The van der Waals surface area contributed by atoms with E-state index in [1.165, 1.54) is 7.11 Å². The number of pyridine rings is 1. The van der Waals surface area contributed by atoms with Gasteiger partial charge in [0, 0.05) is 13.2 Å². The maximum atomic E-state index is 8.58. The van der Waals surface area contributed by atoms with Crippen LogP contribution in [0.2, 0.25) is 0 Å². The second-order valence-electron chi connectivity index (χ2n) is 2.80. The molecule has 0 aliphatic heterocycles. The third-order valence-corrected chi connectivity index (χ3v) is 1.72. The number of nitrogen functional groups attached to an aromatic ring is 1. The lowest BCUT2D eigenvalue weighted by Gasteiger charge is -2.07. The average molecular weight is 197 g/mol. The van der Waals surface area contributed by atoms with Gasteiger partial charge in [-0.2, -0.15) is 4.98 Å². The van der Waals surface area contributed by atoms with Gasteiger partial charge in [-0.15, -0.1) is 0 Å². The van der Waals surface area contributed by atoms with Crippen LogP contribution in [0, 0.1) is 0 Å². The molecule has 0 atom stereocenters. The summed E-state index contributed by atoms with van der Waals surface area (Å²) in [5, 5.41) is 11.6. The second kappa shape index (κ2) is 5.29. The largest absolute Gasteiger partial charge is 0.479 e. The van der Waals surface area contributed by atoms with Gasteiger partial charge in [-0.1, -0.05) is 0 Å². The molecule has 0 unspecified atom stereocenters. The van der Waals surface area contributed by atoms with Gasteiger partial charge < -0.3 is 20.9 Å². The highest BCUT2D eigenvalue weighted by Gasteiger charge is 2.01. The molecule has 0 amide bonds. The molecule has 0 aromatic carbocycles. The predicted octanol–water partition coefficient (Wildman–Crippen LogP) is 0.467.